The van der Waals surface area contributed by atoms with Crippen LogP contribution < -0.4 is 10.6 Å². The van der Waals surface area contributed by atoms with Crippen LogP contribution in [0.5, 0.6) is 0 Å². The fourth-order valence-corrected chi connectivity index (χ4v) is 6.98. The molecule has 4 aromatic heterocycles. The number of oxazole rings is 1. The fourth-order valence-electron chi connectivity index (χ4n) is 5.94. The number of nitrogens with one attached hydrogen (secondary N) is 2. The predicted octanol–water partition coefficient (Wildman–Crippen LogP) is 3.53. The molecule has 0 saturated carbocycles. The number of fused-ring (bicyclic) bond motifs is 2. The molecule has 7 rings (SSSR count). The van der Waals surface area contributed by atoms with E-state index in [9.17, 15) is 9.59 Å². The largest absolute Gasteiger partial charge is 0.436 e. The van der Waals surface area contributed by atoms with E-state index >= 15 is 0 Å². The van der Waals surface area contributed by atoms with Crippen LogP contribution in [-0.2, 0) is 11.8 Å². The Morgan fingerprint density at radius 2 is 2.00 bits per heavy atom. The van der Waals surface area contributed by atoms with Crippen molar-refractivity contribution in [1.82, 2.24) is 40.0 Å². The summed E-state index contributed by atoms with van der Waals surface area (Å²) in [5, 5.41) is 21.5. The maximum atomic E-state index is 13.6. The Morgan fingerprint density at radius 1 is 1.14 bits per heavy atom. The number of rotatable bonds is 6. The Hall–Kier alpha value is -4.69. The molecule has 2 aliphatic heterocycles. The number of hydrogen-bond acceptors (Lipinski definition) is 11. The van der Waals surface area contributed by atoms with Crippen molar-refractivity contribution < 1.29 is 14.0 Å². The molecule has 14 heteroatoms. The van der Waals surface area contributed by atoms with Gasteiger partial charge in [-0.2, -0.15) is 4.80 Å². The molecule has 0 bridgehead atoms. The van der Waals surface area contributed by atoms with Crippen LogP contribution in [-0.4, -0.2) is 84.5 Å². The van der Waals surface area contributed by atoms with Gasteiger partial charge in [-0.05, 0) is 53.4 Å². The second-order valence-corrected chi connectivity index (χ2v) is 11.7. The predicted molar refractivity (Wildman–Crippen MR) is 161 cm³/mol. The van der Waals surface area contributed by atoms with Crippen molar-refractivity contribution in [2.75, 3.05) is 43.4 Å². The summed E-state index contributed by atoms with van der Waals surface area (Å²) in [6, 6.07) is 10.9. The zero-order chi connectivity index (χ0) is 29.5. The number of aromatic nitrogens is 6. The lowest BCUT2D eigenvalue weighted by atomic mass is 9.89. The van der Waals surface area contributed by atoms with Gasteiger partial charge in [-0.1, -0.05) is 0 Å². The number of aryl methyl sites for hydroxylation is 1. The average Bonchev–Trinajstić information content (AvgIpc) is 3.77. The third-order valence-electron chi connectivity index (χ3n) is 7.90. The van der Waals surface area contributed by atoms with Gasteiger partial charge in [0, 0.05) is 73.6 Å². The van der Waals surface area contributed by atoms with Crippen molar-refractivity contribution in [1.29, 1.82) is 0 Å². The van der Waals surface area contributed by atoms with Crippen LogP contribution in [0.25, 0.3) is 22.6 Å². The van der Waals surface area contributed by atoms with Gasteiger partial charge in [0.1, 0.15) is 11.2 Å². The van der Waals surface area contributed by atoms with Gasteiger partial charge >= 0.3 is 0 Å². The number of thiophene rings is 1. The Labute approximate surface area is 250 Å². The summed E-state index contributed by atoms with van der Waals surface area (Å²) in [5.74, 6) is 1.04. The summed E-state index contributed by atoms with van der Waals surface area (Å²) in [4.78, 5) is 41.0. The summed E-state index contributed by atoms with van der Waals surface area (Å²) in [6.45, 7) is 4.82. The van der Waals surface area contributed by atoms with Crippen LogP contribution in [0, 0.1) is 0 Å². The standard InChI is InChI=1S/C29H30N10O3S/c1-17(40)32-19-3-4-24-22(16-19)33-28(42-24)18-5-8-31-23(15-18)29(41)39-12-10-38(11-13-39)25(27-34-36-37(2)35-27)20-6-9-30-21-7-14-43-26(20)21/h3-5,7-8,14-16,20,25,30H,6,9-13H2,1-2H3,(H,32,40). The van der Waals surface area contributed by atoms with Crippen LogP contribution in [0.1, 0.15) is 46.5 Å². The van der Waals surface area contributed by atoms with Crippen molar-refractivity contribution in [2.24, 2.45) is 7.05 Å². The van der Waals surface area contributed by atoms with Gasteiger partial charge in [-0.25, -0.2) is 4.98 Å². The molecule has 5 aromatic rings. The van der Waals surface area contributed by atoms with E-state index in [4.69, 9.17) is 4.42 Å². The molecule has 0 aliphatic carbocycles. The zero-order valence-electron chi connectivity index (χ0n) is 23.7. The smallest absolute Gasteiger partial charge is 0.272 e. The van der Waals surface area contributed by atoms with Gasteiger partial charge in [0.25, 0.3) is 5.91 Å². The van der Waals surface area contributed by atoms with E-state index in [1.807, 2.05) is 4.90 Å². The first-order valence-electron chi connectivity index (χ1n) is 14.2. The molecular formula is C29H30N10O3S. The average molecular weight is 599 g/mol. The molecule has 1 aromatic carbocycles. The quantitative estimate of drug-likeness (QED) is 0.297. The minimum absolute atomic E-state index is 0.0303. The van der Waals surface area contributed by atoms with Gasteiger partial charge in [-0.3, -0.25) is 19.5 Å². The van der Waals surface area contributed by atoms with Crippen LogP contribution in [0.2, 0.25) is 0 Å². The number of pyridine rings is 1. The third kappa shape index (κ3) is 5.34. The van der Waals surface area contributed by atoms with Crippen molar-refractivity contribution in [3.63, 3.8) is 0 Å². The third-order valence-corrected chi connectivity index (χ3v) is 8.95. The summed E-state index contributed by atoms with van der Waals surface area (Å²) in [6.07, 6.45) is 2.57. The molecule has 43 heavy (non-hydrogen) atoms. The van der Waals surface area contributed by atoms with Crippen LogP contribution in [0.4, 0.5) is 11.4 Å². The van der Waals surface area contributed by atoms with Crippen molar-refractivity contribution >= 4 is 45.6 Å². The fraction of sp³-hybridized carbons (Fsp3) is 0.345. The molecule has 220 valence electrons. The highest BCUT2D eigenvalue weighted by atomic mass is 32.1. The van der Waals surface area contributed by atoms with E-state index in [2.05, 4.69) is 52.4 Å². The van der Waals surface area contributed by atoms with Gasteiger partial charge in [0.2, 0.25) is 11.8 Å². The van der Waals surface area contributed by atoms with E-state index in [1.54, 1.807) is 54.9 Å². The summed E-state index contributed by atoms with van der Waals surface area (Å²) in [5.41, 5.74) is 4.00. The SMILES string of the molecule is CC(=O)Nc1ccc2oc(-c3ccnc(C(=O)N4CCN(C(c5nnn(C)n5)C5CCNc6ccsc65)CC4)c3)nc2c1. The molecule has 2 atom stereocenters. The summed E-state index contributed by atoms with van der Waals surface area (Å²) >= 11 is 1.76. The highest BCUT2D eigenvalue weighted by molar-refractivity contribution is 7.10. The number of benzene rings is 1. The second-order valence-electron chi connectivity index (χ2n) is 10.7. The zero-order valence-corrected chi connectivity index (χ0v) is 24.5. The number of hydrogen-bond donors (Lipinski definition) is 2. The first-order valence-corrected chi connectivity index (χ1v) is 15.0. The number of anilines is 2. The molecule has 2 aliphatic rings. The Bertz CT molecular complexity index is 1800. The molecule has 2 unspecified atom stereocenters. The van der Waals surface area contributed by atoms with E-state index in [0.717, 1.165) is 13.0 Å². The maximum absolute atomic E-state index is 13.6. The lowest BCUT2D eigenvalue weighted by Gasteiger charge is -2.41. The Morgan fingerprint density at radius 3 is 2.79 bits per heavy atom. The molecule has 0 radical (unpaired) electrons. The lowest BCUT2D eigenvalue weighted by molar-refractivity contribution is -0.114. The van der Waals surface area contributed by atoms with Crippen LogP contribution in [0.15, 0.2) is 52.4 Å². The number of carbonyl (C=O) groups excluding carboxylic acids is 2. The molecule has 0 spiro atoms. The molecular weight excluding hydrogens is 568 g/mol. The van der Waals surface area contributed by atoms with E-state index in [-0.39, 0.29) is 23.8 Å². The van der Waals surface area contributed by atoms with Gasteiger partial charge in [-0.15, -0.1) is 21.5 Å². The van der Waals surface area contributed by atoms with Gasteiger partial charge < -0.3 is 20.0 Å². The minimum atomic E-state index is -0.162. The maximum Gasteiger partial charge on any atom is 0.272 e. The van der Waals surface area contributed by atoms with Crippen LogP contribution >= 0.6 is 11.3 Å². The van der Waals surface area contributed by atoms with Crippen LogP contribution in [0.3, 0.4) is 0 Å². The normalized spacial score (nSPS) is 17.8. The highest BCUT2D eigenvalue weighted by Crippen LogP contribution is 2.45. The number of carbonyl (C=O) groups is 2. The number of nitrogens with zero attached hydrogens (tertiary/aromatic N) is 8. The molecule has 1 fully saturated rings. The highest BCUT2D eigenvalue weighted by Gasteiger charge is 2.39. The van der Waals surface area contributed by atoms with Crippen molar-refractivity contribution in [2.45, 2.75) is 25.3 Å². The summed E-state index contributed by atoms with van der Waals surface area (Å²) < 4.78 is 5.95. The van der Waals surface area contributed by atoms with E-state index in [1.165, 1.54) is 22.3 Å². The molecule has 2 N–H and O–H groups in total. The molecule has 2 amide bonds. The first-order chi connectivity index (χ1) is 20.9. The Balaban J connectivity index is 1.08. The molecule has 13 nitrogen and oxygen atoms in total. The Kier molecular flexibility index (Phi) is 7.07. The second kappa shape index (κ2) is 11.2. The number of amides is 2. The molecule has 1 saturated heterocycles. The lowest BCUT2D eigenvalue weighted by Crippen LogP contribution is -2.51. The minimum Gasteiger partial charge on any atom is -0.436 e. The van der Waals surface area contributed by atoms with Gasteiger partial charge in [0.05, 0.1) is 13.1 Å². The topological polar surface area (TPSA) is 147 Å². The van der Waals surface area contributed by atoms with E-state index < -0.39 is 0 Å². The van der Waals surface area contributed by atoms with Crippen molar-refractivity contribution in [3.8, 4) is 11.5 Å². The number of tetrazole rings is 1. The monoisotopic (exact) mass is 598 g/mol. The van der Waals surface area contributed by atoms with Crippen molar-refractivity contribution in [3.05, 3.63) is 64.4 Å². The summed E-state index contributed by atoms with van der Waals surface area (Å²) in [7, 11) is 1.79. The van der Waals surface area contributed by atoms with Gasteiger partial charge in [0.15, 0.2) is 11.4 Å². The first kappa shape index (κ1) is 27.2. The molecule has 6 heterocycles. The number of piperazine rings is 1. The van der Waals surface area contributed by atoms with E-state index in [0.29, 0.717) is 65.9 Å².